The topological polar surface area (TPSA) is 78.4 Å². The molecule has 5 nitrogen and oxygen atoms in total. The van der Waals surface area contributed by atoms with E-state index in [0.29, 0.717) is 6.42 Å². The first-order chi connectivity index (χ1) is 7.14. The fraction of sp³-hybridized carbons (Fsp3) is 0.800. The molecule has 1 atom stereocenters. The lowest BCUT2D eigenvalue weighted by Gasteiger charge is -2.44. The van der Waals surface area contributed by atoms with E-state index in [-0.39, 0.29) is 17.9 Å². The molecule has 2 fully saturated rings. The molecule has 84 valence electrons. The molecule has 5 heteroatoms. The molecule has 15 heavy (non-hydrogen) atoms. The zero-order valence-electron chi connectivity index (χ0n) is 8.58. The third kappa shape index (κ3) is 1.84. The summed E-state index contributed by atoms with van der Waals surface area (Å²) >= 11 is 0. The third-order valence-electron chi connectivity index (χ3n) is 3.65. The summed E-state index contributed by atoms with van der Waals surface area (Å²) < 4.78 is 0. The molecule has 2 saturated heterocycles. The summed E-state index contributed by atoms with van der Waals surface area (Å²) in [5, 5.41) is 15.0. The van der Waals surface area contributed by atoms with Gasteiger partial charge in [-0.3, -0.25) is 9.59 Å². The van der Waals surface area contributed by atoms with E-state index >= 15 is 0 Å². The fourth-order valence-corrected chi connectivity index (χ4v) is 2.74. The number of piperidine rings is 2. The van der Waals surface area contributed by atoms with Crippen LogP contribution in [-0.4, -0.2) is 36.6 Å². The van der Waals surface area contributed by atoms with Crippen LogP contribution in [0.3, 0.4) is 0 Å². The Hall–Kier alpha value is -1.10. The smallest absolute Gasteiger partial charge is 0.308 e. The summed E-state index contributed by atoms with van der Waals surface area (Å²) in [5.74, 6) is -1.20. The van der Waals surface area contributed by atoms with E-state index in [2.05, 4.69) is 10.6 Å². The third-order valence-corrected chi connectivity index (χ3v) is 3.65. The van der Waals surface area contributed by atoms with Crippen molar-refractivity contribution in [1.29, 1.82) is 0 Å². The molecule has 0 bridgehead atoms. The minimum absolute atomic E-state index is 0.00519. The Balaban J connectivity index is 2.21. The molecular weight excluding hydrogens is 196 g/mol. The summed E-state index contributed by atoms with van der Waals surface area (Å²) in [6.07, 6.45) is 1.94. The van der Waals surface area contributed by atoms with E-state index in [0.717, 1.165) is 25.9 Å². The van der Waals surface area contributed by atoms with Crippen LogP contribution in [0.2, 0.25) is 0 Å². The molecule has 0 aliphatic carbocycles. The van der Waals surface area contributed by atoms with Gasteiger partial charge in [-0.05, 0) is 31.3 Å². The lowest BCUT2D eigenvalue weighted by Crippen LogP contribution is -2.54. The van der Waals surface area contributed by atoms with Crippen molar-refractivity contribution in [2.75, 3.05) is 19.6 Å². The largest absolute Gasteiger partial charge is 0.481 e. The number of aliphatic carboxylic acids is 1. The number of hydrogen-bond acceptors (Lipinski definition) is 3. The van der Waals surface area contributed by atoms with Crippen molar-refractivity contribution in [3.8, 4) is 0 Å². The Labute approximate surface area is 88.2 Å². The molecule has 1 amide bonds. The van der Waals surface area contributed by atoms with Crippen LogP contribution >= 0.6 is 0 Å². The number of carbonyl (C=O) groups is 2. The molecule has 2 aliphatic heterocycles. The first kappa shape index (κ1) is 10.4. The monoisotopic (exact) mass is 212 g/mol. The quantitative estimate of drug-likeness (QED) is 0.551. The van der Waals surface area contributed by atoms with E-state index < -0.39 is 11.9 Å². The highest BCUT2D eigenvalue weighted by atomic mass is 16.4. The second-order valence-electron chi connectivity index (χ2n) is 4.48. The van der Waals surface area contributed by atoms with Crippen molar-refractivity contribution < 1.29 is 14.7 Å². The van der Waals surface area contributed by atoms with Gasteiger partial charge >= 0.3 is 5.97 Å². The molecule has 0 aromatic heterocycles. The van der Waals surface area contributed by atoms with Gasteiger partial charge in [0.15, 0.2) is 0 Å². The van der Waals surface area contributed by atoms with E-state index in [1.807, 2.05) is 0 Å². The van der Waals surface area contributed by atoms with Gasteiger partial charge in [0.2, 0.25) is 5.91 Å². The van der Waals surface area contributed by atoms with Gasteiger partial charge < -0.3 is 15.7 Å². The van der Waals surface area contributed by atoms with Crippen molar-refractivity contribution in [3.63, 3.8) is 0 Å². The maximum absolute atomic E-state index is 11.4. The van der Waals surface area contributed by atoms with Crippen LogP contribution in [0.4, 0.5) is 0 Å². The Morgan fingerprint density at radius 1 is 1.40 bits per heavy atom. The van der Waals surface area contributed by atoms with Gasteiger partial charge in [0.1, 0.15) is 0 Å². The fourth-order valence-electron chi connectivity index (χ4n) is 2.74. The molecule has 0 aromatic rings. The zero-order valence-corrected chi connectivity index (χ0v) is 8.58. The average molecular weight is 212 g/mol. The number of carbonyl (C=O) groups excluding carboxylic acids is 1. The summed E-state index contributed by atoms with van der Waals surface area (Å²) in [6.45, 7) is 1.92. The number of carboxylic acids is 1. The molecule has 1 unspecified atom stereocenters. The van der Waals surface area contributed by atoms with E-state index in [1.165, 1.54) is 0 Å². The first-order valence-electron chi connectivity index (χ1n) is 5.34. The van der Waals surface area contributed by atoms with E-state index in [9.17, 15) is 14.7 Å². The second kappa shape index (κ2) is 3.81. The van der Waals surface area contributed by atoms with Gasteiger partial charge in [-0.1, -0.05) is 0 Å². The Kier molecular flexibility index (Phi) is 2.65. The number of hydrogen-bond donors (Lipinski definition) is 3. The molecule has 0 radical (unpaired) electrons. The van der Waals surface area contributed by atoms with Crippen LogP contribution in [0, 0.1) is 11.3 Å². The zero-order chi connectivity index (χ0) is 10.9. The average Bonchev–Trinajstić information content (AvgIpc) is 2.18. The molecule has 1 spiro atoms. The predicted molar refractivity (Wildman–Crippen MR) is 53.3 cm³/mol. The first-order valence-corrected chi connectivity index (χ1v) is 5.34. The molecule has 2 rings (SSSR count). The van der Waals surface area contributed by atoms with Crippen molar-refractivity contribution >= 4 is 11.9 Å². The highest BCUT2D eigenvalue weighted by Crippen LogP contribution is 2.42. The number of amides is 1. The molecule has 2 heterocycles. The Morgan fingerprint density at radius 2 is 2.07 bits per heavy atom. The van der Waals surface area contributed by atoms with Crippen molar-refractivity contribution in [2.24, 2.45) is 11.3 Å². The Bertz CT molecular complexity index is 284. The molecule has 3 N–H and O–H groups in total. The summed E-state index contributed by atoms with van der Waals surface area (Å²) in [5.41, 5.74) is -0.306. The normalized spacial score (nSPS) is 29.9. The van der Waals surface area contributed by atoms with Crippen molar-refractivity contribution in [2.45, 2.75) is 19.3 Å². The summed E-state index contributed by atoms with van der Waals surface area (Å²) in [6, 6.07) is 0. The van der Waals surface area contributed by atoms with Crippen LogP contribution in [0.25, 0.3) is 0 Å². The van der Waals surface area contributed by atoms with Gasteiger partial charge in [-0.25, -0.2) is 0 Å². The number of nitrogens with one attached hydrogen (secondary N) is 2. The SMILES string of the molecule is O=C1CC2(CCNCC2)C(C(=O)O)CN1. The number of carboxylic acid groups (broad SMARTS) is 1. The highest BCUT2D eigenvalue weighted by molar-refractivity contribution is 5.82. The van der Waals surface area contributed by atoms with Gasteiger partial charge in [-0.15, -0.1) is 0 Å². The maximum Gasteiger partial charge on any atom is 0.308 e. The van der Waals surface area contributed by atoms with Gasteiger partial charge in [0, 0.05) is 13.0 Å². The highest BCUT2D eigenvalue weighted by Gasteiger charge is 2.47. The maximum atomic E-state index is 11.4. The lowest BCUT2D eigenvalue weighted by atomic mass is 9.65. The Morgan fingerprint density at radius 3 is 2.67 bits per heavy atom. The minimum Gasteiger partial charge on any atom is -0.481 e. The standard InChI is InChI=1S/C10H16N2O3/c13-8-5-10(1-3-11-4-2-10)7(6-12-8)9(14)15/h7,11H,1-6H2,(H,12,13)(H,14,15). The van der Waals surface area contributed by atoms with Crippen LogP contribution < -0.4 is 10.6 Å². The van der Waals surface area contributed by atoms with Gasteiger partial charge in [0.05, 0.1) is 5.92 Å². The minimum atomic E-state index is -0.781. The molecule has 2 aliphatic rings. The van der Waals surface area contributed by atoms with Crippen molar-refractivity contribution in [1.82, 2.24) is 10.6 Å². The summed E-state index contributed by atoms with van der Waals surface area (Å²) in [7, 11) is 0. The molecular formula is C10H16N2O3. The molecule has 0 saturated carbocycles. The van der Waals surface area contributed by atoms with Crippen LogP contribution in [0.15, 0.2) is 0 Å². The van der Waals surface area contributed by atoms with Crippen LogP contribution in [0.1, 0.15) is 19.3 Å². The van der Waals surface area contributed by atoms with E-state index in [1.54, 1.807) is 0 Å². The molecule has 0 aromatic carbocycles. The van der Waals surface area contributed by atoms with Crippen LogP contribution in [-0.2, 0) is 9.59 Å². The van der Waals surface area contributed by atoms with Gasteiger partial charge in [0.25, 0.3) is 0 Å². The second-order valence-corrected chi connectivity index (χ2v) is 4.48. The van der Waals surface area contributed by atoms with E-state index in [4.69, 9.17) is 0 Å². The number of rotatable bonds is 1. The summed E-state index contributed by atoms with van der Waals surface area (Å²) in [4.78, 5) is 22.5. The van der Waals surface area contributed by atoms with Gasteiger partial charge in [-0.2, -0.15) is 0 Å². The predicted octanol–water partition coefficient (Wildman–Crippen LogP) is -0.423. The van der Waals surface area contributed by atoms with Crippen molar-refractivity contribution in [3.05, 3.63) is 0 Å². The lowest BCUT2D eigenvalue weighted by molar-refractivity contribution is -0.151. The van der Waals surface area contributed by atoms with Crippen LogP contribution in [0.5, 0.6) is 0 Å².